The molecule has 0 amide bonds. The minimum absolute atomic E-state index is 0.368. The summed E-state index contributed by atoms with van der Waals surface area (Å²) in [6, 6.07) is 6.99. The Morgan fingerprint density at radius 2 is 1.94 bits per heavy atom. The number of allylic oxidation sites excluding steroid dienone is 1. The van der Waals surface area contributed by atoms with Crippen molar-refractivity contribution in [3.05, 3.63) is 42.5 Å². The van der Waals surface area contributed by atoms with Crippen LogP contribution in [-0.4, -0.2) is 21.2 Å². The van der Waals surface area contributed by atoms with E-state index in [0.717, 1.165) is 31.5 Å². The summed E-state index contributed by atoms with van der Waals surface area (Å²) in [7, 11) is -3.08. The predicted octanol–water partition coefficient (Wildman–Crippen LogP) is 2.15. The van der Waals surface area contributed by atoms with Crippen molar-refractivity contribution in [2.24, 2.45) is 0 Å². The van der Waals surface area contributed by atoms with Crippen molar-refractivity contribution in [3.63, 3.8) is 0 Å². The average Bonchev–Trinajstić information content (AvgIpc) is 2.28. The summed E-state index contributed by atoms with van der Waals surface area (Å²) < 4.78 is 22.5. The quantitative estimate of drug-likeness (QED) is 0.598. The Bertz CT molecular complexity index is 449. The van der Waals surface area contributed by atoms with Crippen LogP contribution in [-0.2, 0) is 16.4 Å². The van der Waals surface area contributed by atoms with E-state index in [2.05, 4.69) is 11.9 Å². The van der Waals surface area contributed by atoms with Crippen LogP contribution in [0.1, 0.15) is 18.4 Å². The summed E-state index contributed by atoms with van der Waals surface area (Å²) in [6.45, 7) is 5.37. The third kappa shape index (κ3) is 5.15. The van der Waals surface area contributed by atoms with Gasteiger partial charge in [0, 0.05) is 12.8 Å². The van der Waals surface area contributed by atoms with E-state index < -0.39 is 9.84 Å². The van der Waals surface area contributed by atoms with E-state index in [0.29, 0.717) is 4.90 Å². The second-order valence-corrected chi connectivity index (χ2v) is 6.04. The lowest BCUT2D eigenvalue weighted by Crippen LogP contribution is -2.14. The smallest absolute Gasteiger partial charge is 0.175 e. The second-order valence-electron chi connectivity index (χ2n) is 4.02. The molecule has 1 N–H and O–H groups in total. The molecular formula is C13H19NO2S. The van der Waals surface area contributed by atoms with Crippen LogP contribution >= 0.6 is 0 Å². The van der Waals surface area contributed by atoms with Crippen molar-refractivity contribution < 1.29 is 8.42 Å². The summed E-state index contributed by atoms with van der Waals surface area (Å²) in [4.78, 5) is 0.368. The highest BCUT2D eigenvalue weighted by Gasteiger charge is 2.05. The van der Waals surface area contributed by atoms with E-state index in [1.807, 2.05) is 18.2 Å². The van der Waals surface area contributed by atoms with E-state index in [1.54, 1.807) is 12.1 Å². The van der Waals surface area contributed by atoms with E-state index in [-0.39, 0.29) is 0 Å². The van der Waals surface area contributed by atoms with Crippen molar-refractivity contribution in [1.29, 1.82) is 0 Å². The number of nitrogens with one attached hydrogen (secondary N) is 1. The summed E-state index contributed by atoms with van der Waals surface area (Å²) in [6.07, 6.45) is 5.21. The SMILES string of the molecule is C=CCCCNCc1ccc(S(C)(=O)=O)cc1. The van der Waals surface area contributed by atoms with Gasteiger partial charge in [-0.2, -0.15) is 0 Å². The topological polar surface area (TPSA) is 46.2 Å². The molecule has 0 saturated heterocycles. The normalized spacial score (nSPS) is 11.4. The standard InChI is InChI=1S/C13H19NO2S/c1-3-4-5-10-14-11-12-6-8-13(9-7-12)17(2,15)16/h3,6-9,14H,1,4-5,10-11H2,2H3. The molecule has 3 nitrogen and oxygen atoms in total. The molecule has 0 fully saturated rings. The zero-order chi connectivity index (χ0) is 12.7. The lowest BCUT2D eigenvalue weighted by atomic mass is 10.2. The molecule has 0 saturated carbocycles. The van der Waals surface area contributed by atoms with Crippen LogP contribution in [0, 0.1) is 0 Å². The molecule has 1 rings (SSSR count). The van der Waals surface area contributed by atoms with Crippen molar-refractivity contribution in [2.45, 2.75) is 24.3 Å². The van der Waals surface area contributed by atoms with Gasteiger partial charge in [-0.05, 0) is 37.1 Å². The van der Waals surface area contributed by atoms with Crippen LogP contribution in [0.15, 0.2) is 41.8 Å². The first-order valence-electron chi connectivity index (χ1n) is 5.64. The Morgan fingerprint density at radius 3 is 2.47 bits per heavy atom. The largest absolute Gasteiger partial charge is 0.313 e. The maximum Gasteiger partial charge on any atom is 0.175 e. The number of unbranched alkanes of at least 4 members (excludes halogenated alkanes) is 1. The Balaban J connectivity index is 2.44. The van der Waals surface area contributed by atoms with Gasteiger partial charge in [0.2, 0.25) is 0 Å². The molecule has 0 aliphatic carbocycles. The van der Waals surface area contributed by atoms with Crippen LogP contribution in [0.2, 0.25) is 0 Å². The van der Waals surface area contributed by atoms with Crippen LogP contribution < -0.4 is 5.32 Å². The molecule has 1 aromatic rings. The molecule has 0 aliphatic heterocycles. The first-order chi connectivity index (χ1) is 8.04. The van der Waals surface area contributed by atoms with Gasteiger partial charge in [-0.25, -0.2) is 8.42 Å². The third-order valence-corrected chi connectivity index (χ3v) is 3.57. The van der Waals surface area contributed by atoms with Gasteiger partial charge in [-0.3, -0.25) is 0 Å². The highest BCUT2D eigenvalue weighted by Crippen LogP contribution is 2.10. The van der Waals surface area contributed by atoms with Crippen molar-refractivity contribution in [3.8, 4) is 0 Å². The van der Waals surface area contributed by atoms with Gasteiger partial charge in [0.15, 0.2) is 9.84 Å². The molecule has 0 aromatic heterocycles. The first-order valence-corrected chi connectivity index (χ1v) is 7.54. The monoisotopic (exact) mass is 253 g/mol. The molecule has 94 valence electrons. The molecule has 0 radical (unpaired) electrons. The van der Waals surface area contributed by atoms with Crippen LogP contribution in [0.4, 0.5) is 0 Å². The molecule has 4 heteroatoms. The van der Waals surface area contributed by atoms with E-state index in [4.69, 9.17) is 0 Å². The third-order valence-electron chi connectivity index (χ3n) is 2.44. The fraction of sp³-hybridized carbons (Fsp3) is 0.385. The Morgan fingerprint density at radius 1 is 1.29 bits per heavy atom. The summed E-state index contributed by atoms with van der Waals surface area (Å²) in [5.41, 5.74) is 1.09. The molecular weight excluding hydrogens is 234 g/mol. The average molecular weight is 253 g/mol. The summed E-state index contributed by atoms with van der Waals surface area (Å²) >= 11 is 0. The Hall–Kier alpha value is -1.13. The zero-order valence-electron chi connectivity index (χ0n) is 10.1. The van der Waals surface area contributed by atoms with Crippen molar-refractivity contribution in [2.75, 3.05) is 12.8 Å². The molecule has 0 aliphatic rings. The Kier molecular flexibility index (Phi) is 5.38. The predicted molar refractivity (Wildman–Crippen MR) is 70.7 cm³/mol. The van der Waals surface area contributed by atoms with E-state index in [1.165, 1.54) is 6.26 Å². The highest BCUT2D eigenvalue weighted by atomic mass is 32.2. The minimum Gasteiger partial charge on any atom is -0.313 e. The number of rotatable bonds is 7. The molecule has 0 heterocycles. The number of benzene rings is 1. The number of hydrogen-bond acceptors (Lipinski definition) is 3. The minimum atomic E-state index is -3.08. The molecule has 17 heavy (non-hydrogen) atoms. The summed E-state index contributed by atoms with van der Waals surface area (Å²) in [5.74, 6) is 0. The van der Waals surface area contributed by atoms with Gasteiger partial charge in [-0.15, -0.1) is 6.58 Å². The molecule has 0 atom stereocenters. The van der Waals surface area contributed by atoms with Gasteiger partial charge >= 0.3 is 0 Å². The van der Waals surface area contributed by atoms with E-state index in [9.17, 15) is 8.42 Å². The lowest BCUT2D eigenvalue weighted by Gasteiger charge is -2.05. The van der Waals surface area contributed by atoms with Crippen molar-refractivity contribution in [1.82, 2.24) is 5.32 Å². The molecule has 0 unspecified atom stereocenters. The van der Waals surface area contributed by atoms with Gasteiger partial charge in [-0.1, -0.05) is 18.2 Å². The molecule has 1 aromatic carbocycles. The van der Waals surface area contributed by atoms with Gasteiger partial charge < -0.3 is 5.32 Å². The number of hydrogen-bond donors (Lipinski definition) is 1. The summed E-state index contributed by atoms with van der Waals surface area (Å²) in [5, 5.41) is 3.30. The highest BCUT2D eigenvalue weighted by molar-refractivity contribution is 7.90. The molecule has 0 bridgehead atoms. The maximum atomic E-state index is 11.3. The number of sulfone groups is 1. The van der Waals surface area contributed by atoms with Gasteiger partial charge in [0.1, 0.15) is 0 Å². The second kappa shape index (κ2) is 6.57. The van der Waals surface area contributed by atoms with Gasteiger partial charge in [0.25, 0.3) is 0 Å². The fourth-order valence-corrected chi connectivity index (χ4v) is 2.09. The molecule has 0 spiro atoms. The van der Waals surface area contributed by atoms with Crippen molar-refractivity contribution >= 4 is 9.84 Å². The first kappa shape index (κ1) is 13.9. The van der Waals surface area contributed by atoms with Crippen LogP contribution in [0.5, 0.6) is 0 Å². The van der Waals surface area contributed by atoms with Gasteiger partial charge in [0.05, 0.1) is 4.90 Å². The van der Waals surface area contributed by atoms with Crippen LogP contribution in [0.3, 0.4) is 0 Å². The maximum absolute atomic E-state index is 11.3. The Labute approximate surface area is 103 Å². The fourth-order valence-electron chi connectivity index (χ4n) is 1.46. The zero-order valence-corrected chi connectivity index (χ0v) is 11.0. The lowest BCUT2D eigenvalue weighted by molar-refractivity contribution is 0.601. The van der Waals surface area contributed by atoms with Crippen LogP contribution in [0.25, 0.3) is 0 Å². The van der Waals surface area contributed by atoms with E-state index >= 15 is 0 Å².